The molecule has 0 heterocycles. The van der Waals surface area contributed by atoms with Gasteiger partial charge >= 0.3 is 11.9 Å². The van der Waals surface area contributed by atoms with Gasteiger partial charge in [0.25, 0.3) is 0 Å². The molecule has 0 fully saturated rings. The van der Waals surface area contributed by atoms with Gasteiger partial charge in [0.2, 0.25) is 0 Å². The molecule has 1 aromatic carbocycles. The molecular weight excluding hydrogens is 257 g/mol. The number of hydrogen-bond acceptors (Lipinski definition) is 5. The predicted octanol–water partition coefficient (Wildman–Crippen LogP) is 1.31. The van der Waals surface area contributed by atoms with Crippen LogP contribution in [0.5, 0.6) is 5.75 Å². The van der Waals surface area contributed by atoms with Gasteiger partial charge in [-0.15, -0.1) is 0 Å². The predicted molar refractivity (Wildman–Crippen MR) is 53.8 cm³/mol. The van der Waals surface area contributed by atoms with Gasteiger partial charge < -0.3 is 15.9 Å². The van der Waals surface area contributed by atoms with E-state index in [0.29, 0.717) is 6.07 Å². The van der Waals surface area contributed by atoms with Gasteiger partial charge in [-0.2, -0.15) is 13.2 Å². The number of rotatable bonds is 3. The summed E-state index contributed by atoms with van der Waals surface area (Å²) in [6, 6.07) is -0.655. The molecule has 0 spiro atoms. The Morgan fingerprint density at radius 1 is 1.44 bits per heavy atom. The van der Waals surface area contributed by atoms with Gasteiger partial charge in [-0.25, -0.2) is 0 Å². The minimum atomic E-state index is -4.82. The molecule has 0 unspecified atom stereocenters. The fourth-order valence-corrected chi connectivity index (χ4v) is 1.32. The van der Waals surface area contributed by atoms with Gasteiger partial charge in [-0.3, -0.25) is 10.1 Å². The Labute approximate surface area is 98.6 Å². The van der Waals surface area contributed by atoms with Crippen LogP contribution in [0.15, 0.2) is 12.1 Å². The summed E-state index contributed by atoms with van der Waals surface area (Å²) in [5.74, 6) is -0.977. The summed E-state index contributed by atoms with van der Waals surface area (Å²) in [6.45, 7) is -0.758. The molecule has 6 nitrogen and oxygen atoms in total. The molecule has 0 amide bonds. The molecule has 0 saturated heterocycles. The highest BCUT2D eigenvalue weighted by molar-refractivity contribution is 5.55. The van der Waals surface area contributed by atoms with Crippen molar-refractivity contribution in [3.63, 3.8) is 0 Å². The number of aliphatic hydroxyl groups is 1. The van der Waals surface area contributed by atoms with Crippen molar-refractivity contribution < 1.29 is 28.3 Å². The van der Waals surface area contributed by atoms with Crippen LogP contribution in [-0.2, 0) is 6.18 Å². The van der Waals surface area contributed by atoms with Crippen LogP contribution in [0.25, 0.3) is 0 Å². The van der Waals surface area contributed by atoms with Crippen LogP contribution in [0.2, 0.25) is 0 Å². The van der Waals surface area contributed by atoms with E-state index < -0.39 is 46.3 Å². The van der Waals surface area contributed by atoms with Crippen LogP contribution >= 0.6 is 0 Å². The smallest absolute Gasteiger partial charge is 0.416 e. The van der Waals surface area contributed by atoms with Crippen molar-refractivity contribution in [2.75, 3.05) is 6.61 Å². The topological polar surface area (TPSA) is 110 Å². The van der Waals surface area contributed by atoms with Crippen molar-refractivity contribution in [3.05, 3.63) is 33.4 Å². The lowest BCUT2D eigenvalue weighted by atomic mass is 10.0. The summed E-state index contributed by atoms with van der Waals surface area (Å²) in [5, 5.41) is 28.7. The molecule has 18 heavy (non-hydrogen) atoms. The molecule has 0 aromatic heterocycles. The molecule has 4 N–H and O–H groups in total. The zero-order chi connectivity index (χ0) is 14.1. The zero-order valence-corrected chi connectivity index (χ0v) is 8.81. The Balaban J connectivity index is 3.52. The maximum absolute atomic E-state index is 12.5. The molecule has 0 bridgehead atoms. The van der Waals surface area contributed by atoms with Crippen molar-refractivity contribution in [3.8, 4) is 5.75 Å². The maximum atomic E-state index is 12.5. The highest BCUT2D eigenvalue weighted by Gasteiger charge is 2.35. The highest BCUT2D eigenvalue weighted by Crippen LogP contribution is 2.39. The van der Waals surface area contributed by atoms with Gasteiger partial charge in [-0.1, -0.05) is 0 Å². The van der Waals surface area contributed by atoms with E-state index in [9.17, 15) is 28.4 Å². The second-order valence-electron chi connectivity index (χ2n) is 3.48. The number of nitrogens with zero attached hydrogens (tertiary/aromatic N) is 1. The summed E-state index contributed by atoms with van der Waals surface area (Å²) in [6.07, 6.45) is -4.82. The van der Waals surface area contributed by atoms with E-state index in [0.717, 1.165) is 0 Å². The van der Waals surface area contributed by atoms with Crippen LogP contribution in [0.1, 0.15) is 17.2 Å². The molecule has 0 radical (unpaired) electrons. The molecule has 1 atom stereocenters. The first kappa shape index (κ1) is 14.2. The Kier molecular flexibility index (Phi) is 3.77. The van der Waals surface area contributed by atoms with E-state index in [4.69, 9.17) is 10.8 Å². The number of hydrogen-bond donors (Lipinski definition) is 3. The minimum Gasteiger partial charge on any atom is -0.502 e. The molecule has 100 valence electrons. The second-order valence-corrected chi connectivity index (χ2v) is 3.48. The average Bonchev–Trinajstić information content (AvgIpc) is 2.26. The van der Waals surface area contributed by atoms with Crippen molar-refractivity contribution in [1.29, 1.82) is 0 Å². The van der Waals surface area contributed by atoms with Crippen LogP contribution in [0.3, 0.4) is 0 Å². The van der Waals surface area contributed by atoms with Gasteiger partial charge in [0, 0.05) is 11.6 Å². The first-order valence-electron chi connectivity index (χ1n) is 4.63. The lowest BCUT2D eigenvalue weighted by molar-refractivity contribution is -0.386. The fraction of sp³-hybridized carbons (Fsp3) is 0.333. The molecule has 9 heteroatoms. The number of halogens is 3. The minimum absolute atomic E-state index is 0.211. The van der Waals surface area contributed by atoms with Crippen LogP contribution in [0, 0.1) is 10.1 Å². The lowest BCUT2D eigenvalue weighted by Crippen LogP contribution is -2.17. The number of benzene rings is 1. The van der Waals surface area contributed by atoms with Crippen molar-refractivity contribution in [2.45, 2.75) is 12.2 Å². The van der Waals surface area contributed by atoms with Crippen molar-refractivity contribution in [1.82, 2.24) is 0 Å². The Morgan fingerprint density at radius 3 is 2.39 bits per heavy atom. The van der Waals surface area contributed by atoms with E-state index in [1.165, 1.54) is 0 Å². The zero-order valence-electron chi connectivity index (χ0n) is 8.81. The number of aliphatic hydroxyl groups excluding tert-OH is 1. The number of aromatic hydroxyl groups is 1. The molecule has 0 aliphatic rings. The molecule has 1 aromatic rings. The summed E-state index contributed by atoms with van der Waals surface area (Å²) in [4.78, 5) is 9.38. The maximum Gasteiger partial charge on any atom is 0.416 e. The van der Waals surface area contributed by atoms with E-state index in [1.54, 1.807) is 0 Å². The SMILES string of the molecule is N[C@H](CO)c1cc(C(F)(F)F)cc([N+](=O)[O-])c1O. The van der Waals surface area contributed by atoms with Crippen molar-refractivity contribution in [2.24, 2.45) is 5.73 Å². The van der Waals surface area contributed by atoms with Gasteiger partial charge in [0.15, 0.2) is 5.75 Å². The largest absolute Gasteiger partial charge is 0.502 e. The third-order valence-electron chi connectivity index (χ3n) is 2.24. The first-order valence-corrected chi connectivity index (χ1v) is 4.63. The number of nitrogens with two attached hydrogens (primary N) is 1. The number of nitro groups is 1. The van der Waals surface area contributed by atoms with Gasteiger partial charge in [-0.05, 0) is 6.07 Å². The first-order chi connectivity index (χ1) is 8.18. The molecule has 1 rings (SSSR count). The third kappa shape index (κ3) is 2.68. The highest BCUT2D eigenvalue weighted by atomic mass is 19.4. The Bertz CT molecular complexity index is 476. The molecule has 0 aliphatic carbocycles. The average molecular weight is 266 g/mol. The summed E-state index contributed by atoms with van der Waals surface area (Å²) in [7, 11) is 0. The summed E-state index contributed by atoms with van der Waals surface area (Å²) < 4.78 is 37.5. The van der Waals surface area contributed by atoms with Gasteiger partial charge in [0.1, 0.15) is 0 Å². The number of phenols is 1. The van der Waals surface area contributed by atoms with E-state index in [1.807, 2.05) is 0 Å². The molecular formula is C9H9F3N2O4. The number of nitro benzene ring substituents is 1. The second kappa shape index (κ2) is 4.78. The van der Waals surface area contributed by atoms with E-state index in [2.05, 4.69) is 0 Å². The number of alkyl halides is 3. The van der Waals surface area contributed by atoms with E-state index in [-0.39, 0.29) is 6.07 Å². The summed E-state index contributed by atoms with van der Waals surface area (Å²) >= 11 is 0. The van der Waals surface area contributed by atoms with Crippen molar-refractivity contribution >= 4 is 5.69 Å². The molecule has 0 saturated carbocycles. The lowest BCUT2D eigenvalue weighted by Gasteiger charge is -2.14. The fourth-order valence-electron chi connectivity index (χ4n) is 1.32. The third-order valence-corrected chi connectivity index (χ3v) is 2.24. The molecule has 0 aliphatic heterocycles. The Morgan fingerprint density at radius 2 is 2.00 bits per heavy atom. The quantitative estimate of drug-likeness (QED) is 0.564. The monoisotopic (exact) mass is 266 g/mol. The van der Waals surface area contributed by atoms with Crippen LogP contribution < -0.4 is 5.73 Å². The van der Waals surface area contributed by atoms with Gasteiger partial charge in [0.05, 0.1) is 23.1 Å². The normalized spacial score (nSPS) is 13.4. The number of phenolic OH excluding ortho intramolecular Hbond substituents is 1. The van der Waals surface area contributed by atoms with Crippen LogP contribution in [-0.4, -0.2) is 21.7 Å². The Hall–Kier alpha value is -1.87. The summed E-state index contributed by atoms with van der Waals surface area (Å²) in [5.41, 5.74) is 2.33. The van der Waals surface area contributed by atoms with Crippen LogP contribution in [0.4, 0.5) is 18.9 Å². The standard InChI is InChI=1S/C9H9F3N2O4/c10-9(11,12)4-1-5(6(13)3-15)8(16)7(2-4)14(17)18/h1-2,6,15-16H,3,13H2/t6-/m1/s1. The van der Waals surface area contributed by atoms with E-state index >= 15 is 0 Å².